The molecule has 0 aromatic heterocycles. The molecule has 4 N–H and O–H groups in total. The Kier molecular flexibility index (Phi) is 7.74. The highest BCUT2D eigenvalue weighted by Crippen LogP contribution is 2.24. The number of carboxylic acid groups (broad SMARTS) is 2. The van der Waals surface area contributed by atoms with E-state index in [0.29, 0.717) is 6.54 Å². The molecule has 6 nitrogen and oxygen atoms in total. The van der Waals surface area contributed by atoms with Gasteiger partial charge in [0, 0.05) is 17.6 Å². The van der Waals surface area contributed by atoms with Crippen molar-refractivity contribution >= 4 is 23.5 Å². The number of halogens is 1. The minimum absolute atomic E-state index is 0.202. The highest BCUT2D eigenvalue weighted by atomic mass is 35.5. The van der Waals surface area contributed by atoms with Crippen LogP contribution >= 0.6 is 11.6 Å². The number of nitrogens with zero attached hydrogens (tertiary/aromatic N) is 1. The van der Waals surface area contributed by atoms with Gasteiger partial charge in [0.2, 0.25) is 0 Å². The molecule has 0 aliphatic rings. The molecular formula is C12H17ClN2O4. The minimum Gasteiger partial charge on any atom is -0.473 e. The molecular weight excluding hydrogens is 272 g/mol. The lowest BCUT2D eigenvalue weighted by atomic mass is 10.1. The average Bonchev–Trinajstić information content (AvgIpc) is 2.32. The minimum atomic E-state index is -1.82. The summed E-state index contributed by atoms with van der Waals surface area (Å²) < 4.78 is 0. The van der Waals surface area contributed by atoms with Gasteiger partial charge < -0.3 is 20.8 Å². The molecule has 1 rings (SSSR count). The third-order valence-corrected chi connectivity index (χ3v) is 2.64. The second-order valence-electron chi connectivity index (χ2n) is 3.85. The smallest absolute Gasteiger partial charge is 0.414 e. The first kappa shape index (κ1) is 17.4. The van der Waals surface area contributed by atoms with Crippen LogP contribution < -0.4 is 5.73 Å². The molecule has 0 aliphatic carbocycles. The molecule has 1 aromatic carbocycles. The molecule has 0 heterocycles. The maximum Gasteiger partial charge on any atom is 0.414 e. The molecule has 19 heavy (non-hydrogen) atoms. The summed E-state index contributed by atoms with van der Waals surface area (Å²) in [6.07, 6.45) is 0. The zero-order chi connectivity index (χ0) is 15.0. The fourth-order valence-electron chi connectivity index (χ4n) is 1.36. The second kappa shape index (κ2) is 8.47. The summed E-state index contributed by atoms with van der Waals surface area (Å²) in [7, 11) is 4.00. The Hall–Kier alpha value is -1.63. The van der Waals surface area contributed by atoms with E-state index in [0.717, 1.165) is 10.6 Å². The van der Waals surface area contributed by atoms with Crippen LogP contribution in [0.3, 0.4) is 0 Å². The van der Waals surface area contributed by atoms with Crippen molar-refractivity contribution in [3.8, 4) is 0 Å². The van der Waals surface area contributed by atoms with Crippen LogP contribution in [0.25, 0.3) is 0 Å². The van der Waals surface area contributed by atoms with Gasteiger partial charge in [-0.15, -0.1) is 0 Å². The van der Waals surface area contributed by atoms with Crippen molar-refractivity contribution in [2.24, 2.45) is 5.73 Å². The summed E-state index contributed by atoms with van der Waals surface area (Å²) in [6, 6.07) is 8.01. The lowest BCUT2D eigenvalue weighted by molar-refractivity contribution is -0.159. The van der Waals surface area contributed by atoms with Crippen LogP contribution in [0.1, 0.15) is 11.6 Å². The van der Waals surface area contributed by atoms with E-state index in [1.165, 1.54) is 0 Å². The lowest BCUT2D eigenvalue weighted by Gasteiger charge is -2.23. The largest absolute Gasteiger partial charge is 0.473 e. The van der Waals surface area contributed by atoms with Gasteiger partial charge in [-0.05, 0) is 25.7 Å². The van der Waals surface area contributed by atoms with Gasteiger partial charge >= 0.3 is 11.9 Å². The van der Waals surface area contributed by atoms with Gasteiger partial charge in [-0.3, -0.25) is 0 Å². The third kappa shape index (κ3) is 6.19. The number of hydrogen-bond acceptors (Lipinski definition) is 4. The fourth-order valence-corrected chi connectivity index (χ4v) is 1.62. The standard InChI is InChI=1S/C10H15ClN2.C2H2O4/c1-13(2)10(7-12)8-5-3-4-6-9(8)11;3-1(4)2(5)6/h3-6,10H,7,12H2,1-2H3;(H,3,4)(H,5,6). The number of aliphatic carboxylic acids is 2. The molecule has 0 aliphatic heterocycles. The Morgan fingerprint density at radius 2 is 1.74 bits per heavy atom. The van der Waals surface area contributed by atoms with Crippen LogP contribution in [0.4, 0.5) is 0 Å². The number of hydrogen-bond donors (Lipinski definition) is 3. The van der Waals surface area contributed by atoms with Crippen LogP contribution in [0.5, 0.6) is 0 Å². The van der Waals surface area contributed by atoms with Crippen LogP contribution in [0.15, 0.2) is 24.3 Å². The number of carbonyl (C=O) groups is 2. The van der Waals surface area contributed by atoms with Crippen molar-refractivity contribution in [2.75, 3.05) is 20.6 Å². The van der Waals surface area contributed by atoms with Gasteiger partial charge in [-0.1, -0.05) is 29.8 Å². The maximum atomic E-state index is 9.10. The van der Waals surface area contributed by atoms with Crippen molar-refractivity contribution < 1.29 is 19.8 Å². The number of carboxylic acids is 2. The molecule has 0 radical (unpaired) electrons. The zero-order valence-corrected chi connectivity index (χ0v) is 11.5. The van der Waals surface area contributed by atoms with E-state index in [4.69, 9.17) is 37.1 Å². The Balaban J connectivity index is 0.000000459. The summed E-state index contributed by atoms with van der Waals surface area (Å²) in [5.41, 5.74) is 6.77. The molecule has 0 fully saturated rings. The van der Waals surface area contributed by atoms with E-state index in [9.17, 15) is 0 Å². The third-order valence-electron chi connectivity index (χ3n) is 2.29. The lowest BCUT2D eigenvalue weighted by Crippen LogP contribution is -2.27. The monoisotopic (exact) mass is 288 g/mol. The van der Waals surface area contributed by atoms with Crippen LogP contribution in [0, 0.1) is 0 Å². The summed E-state index contributed by atoms with van der Waals surface area (Å²) in [4.78, 5) is 20.3. The number of likely N-dealkylation sites (N-methyl/N-ethyl adjacent to an activating group) is 1. The highest BCUT2D eigenvalue weighted by molar-refractivity contribution is 6.31. The van der Waals surface area contributed by atoms with Gasteiger partial charge in [0.05, 0.1) is 0 Å². The average molecular weight is 289 g/mol. The van der Waals surface area contributed by atoms with Crippen molar-refractivity contribution in [3.05, 3.63) is 34.9 Å². The van der Waals surface area contributed by atoms with E-state index in [1.54, 1.807) is 0 Å². The Labute approximate surface area is 116 Å². The van der Waals surface area contributed by atoms with Crippen molar-refractivity contribution in [1.29, 1.82) is 0 Å². The Bertz CT molecular complexity index is 425. The van der Waals surface area contributed by atoms with E-state index < -0.39 is 11.9 Å². The van der Waals surface area contributed by atoms with E-state index >= 15 is 0 Å². The maximum absolute atomic E-state index is 9.10. The highest BCUT2D eigenvalue weighted by Gasteiger charge is 2.14. The number of rotatable bonds is 3. The Morgan fingerprint density at radius 3 is 2.05 bits per heavy atom. The molecule has 0 saturated heterocycles. The normalized spacial score (nSPS) is 11.4. The van der Waals surface area contributed by atoms with Gasteiger partial charge in [0.1, 0.15) is 0 Å². The van der Waals surface area contributed by atoms with Gasteiger partial charge in [0.15, 0.2) is 0 Å². The van der Waals surface area contributed by atoms with Crippen molar-refractivity contribution in [3.63, 3.8) is 0 Å². The topological polar surface area (TPSA) is 104 Å². The van der Waals surface area contributed by atoms with E-state index in [1.807, 2.05) is 38.4 Å². The van der Waals surface area contributed by atoms with Gasteiger partial charge in [-0.25, -0.2) is 9.59 Å². The van der Waals surface area contributed by atoms with Crippen LogP contribution in [-0.4, -0.2) is 47.7 Å². The first-order valence-corrected chi connectivity index (χ1v) is 5.76. The fraction of sp³-hybridized carbons (Fsp3) is 0.333. The molecule has 7 heteroatoms. The van der Waals surface area contributed by atoms with Crippen LogP contribution in [-0.2, 0) is 9.59 Å². The summed E-state index contributed by atoms with van der Waals surface area (Å²) in [6.45, 7) is 0.580. The van der Waals surface area contributed by atoms with Gasteiger partial charge in [-0.2, -0.15) is 0 Å². The molecule has 1 aromatic rings. The van der Waals surface area contributed by atoms with E-state index in [-0.39, 0.29) is 6.04 Å². The predicted octanol–water partition coefficient (Wildman–Crippen LogP) is 1.06. The SMILES string of the molecule is CN(C)C(CN)c1ccccc1Cl.O=C(O)C(=O)O. The molecule has 106 valence electrons. The number of nitrogens with two attached hydrogens (primary N) is 1. The molecule has 0 amide bonds. The Morgan fingerprint density at radius 1 is 1.26 bits per heavy atom. The summed E-state index contributed by atoms with van der Waals surface area (Å²) >= 11 is 6.06. The van der Waals surface area contributed by atoms with Crippen LogP contribution in [0.2, 0.25) is 5.02 Å². The molecule has 0 saturated carbocycles. The number of benzene rings is 1. The summed E-state index contributed by atoms with van der Waals surface area (Å²) in [5, 5.41) is 15.6. The molecule has 1 atom stereocenters. The molecule has 1 unspecified atom stereocenters. The predicted molar refractivity (Wildman–Crippen MR) is 72.2 cm³/mol. The van der Waals surface area contributed by atoms with Crippen molar-refractivity contribution in [2.45, 2.75) is 6.04 Å². The first-order valence-electron chi connectivity index (χ1n) is 5.38. The molecule has 0 spiro atoms. The zero-order valence-electron chi connectivity index (χ0n) is 10.7. The van der Waals surface area contributed by atoms with Crippen molar-refractivity contribution in [1.82, 2.24) is 4.90 Å². The quantitative estimate of drug-likeness (QED) is 0.719. The van der Waals surface area contributed by atoms with E-state index in [2.05, 4.69) is 4.90 Å². The summed E-state index contributed by atoms with van der Waals surface area (Å²) in [5.74, 6) is -3.65. The first-order chi connectivity index (χ1) is 8.81. The molecule has 0 bridgehead atoms. The second-order valence-corrected chi connectivity index (χ2v) is 4.25. The van der Waals surface area contributed by atoms with Gasteiger partial charge in [0.25, 0.3) is 0 Å².